The molecule has 1 aromatic carbocycles. The predicted octanol–water partition coefficient (Wildman–Crippen LogP) is 1.81. The summed E-state index contributed by atoms with van der Waals surface area (Å²) in [4.78, 5) is 11.8. The van der Waals surface area contributed by atoms with E-state index in [2.05, 4.69) is 10.5 Å². The molecular formula is C15H17N3O2. The highest BCUT2D eigenvalue weighted by Gasteiger charge is 2.07. The Morgan fingerprint density at radius 3 is 2.70 bits per heavy atom. The molecule has 0 saturated heterocycles. The van der Waals surface area contributed by atoms with Crippen LogP contribution in [-0.2, 0) is 18.3 Å². The van der Waals surface area contributed by atoms with Gasteiger partial charge in [0.1, 0.15) is 5.75 Å². The van der Waals surface area contributed by atoms with Crippen LogP contribution < -0.4 is 5.43 Å². The van der Waals surface area contributed by atoms with Gasteiger partial charge in [-0.25, -0.2) is 5.43 Å². The number of aryl methyl sites for hydroxylation is 1. The van der Waals surface area contributed by atoms with Gasteiger partial charge in [-0.05, 0) is 31.2 Å². The van der Waals surface area contributed by atoms with E-state index in [4.69, 9.17) is 0 Å². The number of aromatic nitrogens is 1. The van der Waals surface area contributed by atoms with Crippen LogP contribution in [-0.4, -0.2) is 21.3 Å². The number of hydrogen-bond acceptors (Lipinski definition) is 3. The Kier molecular flexibility index (Phi) is 4.20. The first-order chi connectivity index (χ1) is 9.58. The predicted molar refractivity (Wildman–Crippen MR) is 77.6 cm³/mol. The van der Waals surface area contributed by atoms with E-state index in [9.17, 15) is 9.90 Å². The normalized spacial score (nSPS) is 11.4. The largest absolute Gasteiger partial charge is 0.507 e. The van der Waals surface area contributed by atoms with Crippen LogP contribution in [0, 0.1) is 0 Å². The van der Waals surface area contributed by atoms with Gasteiger partial charge in [-0.15, -0.1) is 0 Å². The Morgan fingerprint density at radius 1 is 1.30 bits per heavy atom. The fraction of sp³-hybridized carbons (Fsp3) is 0.200. The van der Waals surface area contributed by atoms with E-state index < -0.39 is 0 Å². The van der Waals surface area contributed by atoms with Crippen molar-refractivity contribution in [1.29, 1.82) is 0 Å². The summed E-state index contributed by atoms with van der Waals surface area (Å²) in [5, 5.41) is 13.7. The summed E-state index contributed by atoms with van der Waals surface area (Å²) < 4.78 is 1.89. The van der Waals surface area contributed by atoms with E-state index in [1.54, 1.807) is 31.2 Å². The van der Waals surface area contributed by atoms with Crippen molar-refractivity contribution in [3.63, 3.8) is 0 Å². The number of hydrazone groups is 1. The van der Waals surface area contributed by atoms with Crippen LogP contribution in [0.1, 0.15) is 18.2 Å². The quantitative estimate of drug-likeness (QED) is 0.658. The van der Waals surface area contributed by atoms with E-state index >= 15 is 0 Å². The molecule has 2 rings (SSSR count). The van der Waals surface area contributed by atoms with Crippen LogP contribution in [0.4, 0.5) is 0 Å². The van der Waals surface area contributed by atoms with E-state index in [0.29, 0.717) is 11.3 Å². The number of aromatic hydroxyl groups is 1. The number of hydrogen-bond donors (Lipinski definition) is 2. The maximum atomic E-state index is 11.8. The molecule has 0 unspecified atom stereocenters. The number of benzene rings is 1. The minimum Gasteiger partial charge on any atom is -0.507 e. The molecule has 0 atom stereocenters. The molecule has 0 aliphatic carbocycles. The van der Waals surface area contributed by atoms with Gasteiger partial charge >= 0.3 is 0 Å². The zero-order chi connectivity index (χ0) is 14.5. The standard InChI is InChI=1S/C15H17N3O2/c1-11(13-7-3-4-8-14(13)19)16-17-15(20)10-12-6-5-9-18(12)2/h3-9,19H,10H2,1-2H3,(H,17,20)/b16-11-. The zero-order valence-corrected chi connectivity index (χ0v) is 11.5. The van der Waals surface area contributed by atoms with Gasteiger partial charge < -0.3 is 9.67 Å². The molecule has 1 amide bonds. The highest BCUT2D eigenvalue weighted by Crippen LogP contribution is 2.16. The molecule has 0 radical (unpaired) electrons. The molecule has 0 aliphatic heterocycles. The summed E-state index contributed by atoms with van der Waals surface area (Å²) in [6.07, 6.45) is 2.15. The van der Waals surface area contributed by atoms with Gasteiger partial charge in [0.2, 0.25) is 5.91 Å². The molecule has 0 aliphatic rings. The van der Waals surface area contributed by atoms with Crippen molar-refractivity contribution in [2.24, 2.45) is 12.1 Å². The molecule has 2 aromatic rings. The molecule has 104 valence electrons. The molecule has 2 N–H and O–H groups in total. The van der Waals surface area contributed by atoms with Gasteiger partial charge in [-0.1, -0.05) is 12.1 Å². The fourth-order valence-corrected chi connectivity index (χ4v) is 1.87. The molecule has 0 saturated carbocycles. The molecule has 1 heterocycles. The maximum Gasteiger partial charge on any atom is 0.246 e. The van der Waals surface area contributed by atoms with E-state index in [1.807, 2.05) is 29.9 Å². The van der Waals surface area contributed by atoms with Crippen molar-refractivity contribution in [1.82, 2.24) is 9.99 Å². The minimum absolute atomic E-state index is 0.144. The Balaban J connectivity index is 2.00. The van der Waals surface area contributed by atoms with Crippen molar-refractivity contribution in [2.45, 2.75) is 13.3 Å². The average molecular weight is 271 g/mol. The molecule has 20 heavy (non-hydrogen) atoms. The minimum atomic E-state index is -0.193. The number of nitrogens with one attached hydrogen (secondary N) is 1. The van der Waals surface area contributed by atoms with E-state index in [-0.39, 0.29) is 18.1 Å². The van der Waals surface area contributed by atoms with Crippen LogP contribution >= 0.6 is 0 Å². The molecule has 0 spiro atoms. The van der Waals surface area contributed by atoms with E-state index in [1.165, 1.54) is 0 Å². The number of amides is 1. The molecular weight excluding hydrogens is 254 g/mol. The van der Waals surface area contributed by atoms with Crippen molar-refractivity contribution < 1.29 is 9.90 Å². The summed E-state index contributed by atoms with van der Waals surface area (Å²) in [5.41, 5.74) is 4.57. The lowest BCUT2D eigenvalue weighted by molar-refractivity contribution is -0.120. The van der Waals surface area contributed by atoms with E-state index in [0.717, 1.165) is 5.69 Å². The smallest absolute Gasteiger partial charge is 0.246 e. The molecule has 0 fully saturated rings. The van der Waals surface area contributed by atoms with Crippen molar-refractivity contribution in [3.8, 4) is 5.75 Å². The van der Waals surface area contributed by atoms with Gasteiger partial charge in [0.15, 0.2) is 0 Å². The number of nitrogens with zero attached hydrogens (tertiary/aromatic N) is 2. The first kappa shape index (κ1) is 13.9. The number of phenolic OH excluding ortho intramolecular Hbond substituents is 1. The first-order valence-electron chi connectivity index (χ1n) is 6.29. The lowest BCUT2D eigenvalue weighted by atomic mass is 10.1. The van der Waals surface area contributed by atoms with Crippen LogP contribution in [0.25, 0.3) is 0 Å². The lowest BCUT2D eigenvalue weighted by Crippen LogP contribution is -2.22. The van der Waals surface area contributed by atoms with Gasteiger partial charge in [0.05, 0.1) is 12.1 Å². The number of phenols is 1. The van der Waals surface area contributed by atoms with Crippen LogP contribution in [0.5, 0.6) is 5.75 Å². The summed E-state index contributed by atoms with van der Waals surface area (Å²) in [5.74, 6) is -0.0491. The van der Waals surface area contributed by atoms with Crippen molar-refractivity contribution in [3.05, 3.63) is 53.9 Å². The maximum absolute atomic E-state index is 11.8. The Labute approximate surface area is 117 Å². The zero-order valence-electron chi connectivity index (χ0n) is 11.5. The van der Waals surface area contributed by atoms with Crippen LogP contribution in [0.3, 0.4) is 0 Å². The lowest BCUT2D eigenvalue weighted by Gasteiger charge is -2.05. The number of carbonyl (C=O) groups is 1. The van der Waals surface area contributed by atoms with Gasteiger partial charge in [0, 0.05) is 24.5 Å². The number of carbonyl (C=O) groups excluding carboxylic acids is 1. The second-order valence-electron chi connectivity index (χ2n) is 4.54. The third kappa shape index (κ3) is 3.26. The van der Waals surface area contributed by atoms with Crippen LogP contribution in [0.15, 0.2) is 47.7 Å². The highest BCUT2D eigenvalue weighted by molar-refractivity contribution is 6.01. The SMILES string of the molecule is C/C(=N/NC(=O)Cc1cccn1C)c1ccccc1O. The average Bonchev–Trinajstić information content (AvgIpc) is 2.82. The molecule has 5 nitrogen and oxygen atoms in total. The van der Waals surface area contributed by atoms with Gasteiger partial charge in [0.25, 0.3) is 0 Å². The Morgan fingerprint density at radius 2 is 2.05 bits per heavy atom. The Hall–Kier alpha value is -2.56. The first-order valence-corrected chi connectivity index (χ1v) is 6.29. The second kappa shape index (κ2) is 6.06. The monoisotopic (exact) mass is 271 g/mol. The van der Waals surface area contributed by atoms with Gasteiger partial charge in [-0.3, -0.25) is 4.79 Å². The number of para-hydroxylation sites is 1. The summed E-state index contributed by atoms with van der Waals surface area (Å²) in [6.45, 7) is 1.73. The van der Waals surface area contributed by atoms with Crippen LogP contribution in [0.2, 0.25) is 0 Å². The summed E-state index contributed by atoms with van der Waals surface area (Å²) >= 11 is 0. The van der Waals surface area contributed by atoms with Crippen molar-refractivity contribution in [2.75, 3.05) is 0 Å². The molecule has 0 bridgehead atoms. The summed E-state index contributed by atoms with van der Waals surface area (Å²) in [7, 11) is 1.89. The Bertz CT molecular complexity index is 644. The fourth-order valence-electron chi connectivity index (χ4n) is 1.87. The highest BCUT2D eigenvalue weighted by atomic mass is 16.3. The third-order valence-corrected chi connectivity index (χ3v) is 3.04. The summed E-state index contributed by atoms with van der Waals surface area (Å²) in [6, 6.07) is 10.6. The topological polar surface area (TPSA) is 66.6 Å². The molecule has 5 heteroatoms. The van der Waals surface area contributed by atoms with Gasteiger partial charge in [-0.2, -0.15) is 5.10 Å². The van der Waals surface area contributed by atoms with Crippen molar-refractivity contribution >= 4 is 11.6 Å². The second-order valence-corrected chi connectivity index (χ2v) is 4.54. The third-order valence-electron chi connectivity index (χ3n) is 3.04. The number of rotatable bonds is 4. The molecule has 1 aromatic heterocycles.